The van der Waals surface area contributed by atoms with Crippen molar-refractivity contribution in [3.63, 3.8) is 0 Å². The van der Waals surface area contributed by atoms with Gasteiger partial charge < -0.3 is 4.74 Å². The molecular formula is C20H19NO2. The number of hydrogen-bond acceptors (Lipinski definition) is 3. The predicted molar refractivity (Wildman–Crippen MR) is 92.2 cm³/mol. The zero-order chi connectivity index (χ0) is 16.4. The first-order chi connectivity index (χ1) is 10.9. The molecule has 2 aromatic rings. The SMILES string of the molecule is CC(C)(C)c1ccc(C2=NC(=Cc3ccccc3)C(=O)O2)cc1. The van der Waals surface area contributed by atoms with Crippen LogP contribution in [0.2, 0.25) is 0 Å². The van der Waals surface area contributed by atoms with E-state index in [9.17, 15) is 4.79 Å². The van der Waals surface area contributed by atoms with Gasteiger partial charge in [0.05, 0.1) is 0 Å². The number of benzene rings is 2. The molecule has 1 aliphatic heterocycles. The number of nitrogens with zero attached hydrogens (tertiary/aromatic N) is 1. The second kappa shape index (κ2) is 5.84. The zero-order valence-electron chi connectivity index (χ0n) is 13.5. The number of carbonyl (C=O) groups excluding carboxylic acids is 1. The van der Waals surface area contributed by atoms with Crippen LogP contribution in [0.25, 0.3) is 6.08 Å². The van der Waals surface area contributed by atoms with Crippen molar-refractivity contribution in [3.8, 4) is 0 Å². The summed E-state index contributed by atoms with van der Waals surface area (Å²) in [6.45, 7) is 6.49. The summed E-state index contributed by atoms with van der Waals surface area (Å²) in [4.78, 5) is 16.3. The number of carbonyl (C=O) groups is 1. The summed E-state index contributed by atoms with van der Waals surface area (Å²) in [6.07, 6.45) is 1.73. The van der Waals surface area contributed by atoms with Gasteiger partial charge in [-0.3, -0.25) is 0 Å². The van der Waals surface area contributed by atoms with Crippen LogP contribution in [0.5, 0.6) is 0 Å². The van der Waals surface area contributed by atoms with Crippen LogP contribution in [-0.2, 0) is 14.9 Å². The molecule has 0 atom stereocenters. The number of aliphatic imine (C=N–C) groups is 1. The van der Waals surface area contributed by atoms with Gasteiger partial charge in [0.15, 0.2) is 5.70 Å². The fourth-order valence-corrected chi connectivity index (χ4v) is 2.35. The average molecular weight is 305 g/mol. The van der Waals surface area contributed by atoms with E-state index < -0.39 is 5.97 Å². The zero-order valence-corrected chi connectivity index (χ0v) is 13.5. The molecule has 0 spiro atoms. The van der Waals surface area contributed by atoms with Crippen LogP contribution >= 0.6 is 0 Å². The van der Waals surface area contributed by atoms with Gasteiger partial charge in [0.25, 0.3) is 0 Å². The molecule has 0 bridgehead atoms. The molecule has 1 heterocycles. The van der Waals surface area contributed by atoms with Gasteiger partial charge >= 0.3 is 5.97 Å². The standard InChI is InChI=1S/C20H19NO2/c1-20(2,3)16-11-9-15(10-12-16)18-21-17(19(22)23-18)13-14-7-5-4-6-8-14/h4-13H,1-3H3. The minimum atomic E-state index is -0.413. The Bertz CT molecular complexity index is 779. The molecule has 3 rings (SSSR count). The Labute approximate surface area is 136 Å². The topological polar surface area (TPSA) is 38.7 Å². The molecule has 3 heteroatoms. The van der Waals surface area contributed by atoms with Crippen LogP contribution in [-0.4, -0.2) is 11.9 Å². The van der Waals surface area contributed by atoms with Crippen molar-refractivity contribution in [2.75, 3.05) is 0 Å². The lowest BCUT2D eigenvalue weighted by molar-refractivity contribution is -0.129. The fourth-order valence-electron chi connectivity index (χ4n) is 2.35. The molecule has 3 nitrogen and oxygen atoms in total. The largest absolute Gasteiger partial charge is 0.402 e. The van der Waals surface area contributed by atoms with E-state index >= 15 is 0 Å². The molecule has 0 saturated carbocycles. The van der Waals surface area contributed by atoms with E-state index in [-0.39, 0.29) is 5.41 Å². The molecule has 23 heavy (non-hydrogen) atoms. The van der Waals surface area contributed by atoms with E-state index in [1.807, 2.05) is 54.6 Å². The molecule has 0 unspecified atom stereocenters. The van der Waals surface area contributed by atoms with Gasteiger partial charge in [-0.2, -0.15) is 0 Å². The van der Waals surface area contributed by atoms with E-state index in [0.29, 0.717) is 11.6 Å². The number of ether oxygens (including phenoxy) is 1. The summed E-state index contributed by atoms with van der Waals surface area (Å²) in [5.41, 5.74) is 3.37. The van der Waals surface area contributed by atoms with E-state index in [2.05, 4.69) is 25.8 Å². The van der Waals surface area contributed by atoms with Crippen molar-refractivity contribution in [1.29, 1.82) is 0 Å². The monoisotopic (exact) mass is 305 g/mol. The van der Waals surface area contributed by atoms with Gasteiger partial charge in [0.1, 0.15) is 0 Å². The lowest BCUT2D eigenvalue weighted by Crippen LogP contribution is -2.11. The maximum absolute atomic E-state index is 12.0. The second-order valence-corrected chi connectivity index (χ2v) is 6.57. The molecule has 0 radical (unpaired) electrons. The fraction of sp³-hybridized carbons (Fsp3) is 0.200. The Hall–Kier alpha value is -2.68. The van der Waals surface area contributed by atoms with E-state index in [4.69, 9.17) is 4.74 Å². The van der Waals surface area contributed by atoms with E-state index in [1.165, 1.54) is 5.56 Å². The Morgan fingerprint density at radius 1 is 0.957 bits per heavy atom. The lowest BCUT2D eigenvalue weighted by Gasteiger charge is -2.18. The Morgan fingerprint density at radius 3 is 2.22 bits per heavy atom. The highest BCUT2D eigenvalue weighted by molar-refractivity contribution is 6.12. The van der Waals surface area contributed by atoms with Gasteiger partial charge in [-0.1, -0.05) is 63.2 Å². The first-order valence-electron chi connectivity index (χ1n) is 7.62. The van der Waals surface area contributed by atoms with Crippen molar-refractivity contribution in [2.45, 2.75) is 26.2 Å². The van der Waals surface area contributed by atoms with Crippen molar-refractivity contribution in [3.05, 3.63) is 77.0 Å². The minimum absolute atomic E-state index is 0.0884. The summed E-state index contributed by atoms with van der Waals surface area (Å²) in [5.74, 6) is -0.0543. The summed E-state index contributed by atoms with van der Waals surface area (Å²) >= 11 is 0. The number of rotatable bonds is 2. The molecule has 0 fully saturated rings. The number of esters is 1. The predicted octanol–water partition coefficient (Wildman–Crippen LogP) is 4.33. The van der Waals surface area contributed by atoms with Gasteiger partial charge in [-0.05, 0) is 34.8 Å². The second-order valence-electron chi connectivity index (χ2n) is 6.57. The first kappa shape index (κ1) is 15.2. The molecule has 0 amide bonds. The summed E-state index contributed by atoms with van der Waals surface area (Å²) < 4.78 is 5.30. The highest BCUT2D eigenvalue weighted by atomic mass is 16.6. The molecule has 0 aromatic heterocycles. The quantitative estimate of drug-likeness (QED) is 0.612. The lowest BCUT2D eigenvalue weighted by atomic mass is 9.87. The highest BCUT2D eigenvalue weighted by Gasteiger charge is 2.24. The van der Waals surface area contributed by atoms with Crippen LogP contribution in [0.1, 0.15) is 37.5 Å². The molecule has 0 aliphatic carbocycles. The smallest absolute Gasteiger partial charge is 0.363 e. The maximum Gasteiger partial charge on any atom is 0.363 e. The van der Waals surface area contributed by atoms with Crippen molar-refractivity contribution in [1.82, 2.24) is 0 Å². The van der Waals surface area contributed by atoms with Crippen LogP contribution < -0.4 is 0 Å². The number of cyclic esters (lactones) is 1. The van der Waals surface area contributed by atoms with Crippen molar-refractivity contribution < 1.29 is 9.53 Å². The van der Waals surface area contributed by atoms with Gasteiger partial charge in [-0.25, -0.2) is 9.79 Å². The molecule has 1 aliphatic rings. The van der Waals surface area contributed by atoms with Gasteiger partial charge in [-0.15, -0.1) is 0 Å². The first-order valence-corrected chi connectivity index (χ1v) is 7.62. The third-order valence-corrected chi connectivity index (χ3v) is 3.72. The van der Waals surface area contributed by atoms with Crippen molar-refractivity contribution >= 4 is 17.9 Å². The van der Waals surface area contributed by atoms with Crippen LogP contribution in [0.4, 0.5) is 0 Å². The van der Waals surface area contributed by atoms with Crippen molar-refractivity contribution in [2.24, 2.45) is 4.99 Å². The summed E-state index contributed by atoms with van der Waals surface area (Å²) in [7, 11) is 0. The minimum Gasteiger partial charge on any atom is -0.402 e. The van der Waals surface area contributed by atoms with Gasteiger partial charge in [0.2, 0.25) is 5.90 Å². The summed E-state index contributed by atoms with van der Waals surface area (Å²) in [6, 6.07) is 17.6. The van der Waals surface area contributed by atoms with Gasteiger partial charge in [0, 0.05) is 5.56 Å². The molecule has 116 valence electrons. The third kappa shape index (κ3) is 3.39. The highest BCUT2D eigenvalue weighted by Crippen LogP contribution is 2.24. The molecule has 0 N–H and O–H groups in total. The molecule has 0 saturated heterocycles. The Morgan fingerprint density at radius 2 is 1.61 bits per heavy atom. The van der Waals surface area contributed by atoms with Crippen LogP contribution in [0.15, 0.2) is 65.3 Å². The van der Waals surface area contributed by atoms with Crippen LogP contribution in [0.3, 0.4) is 0 Å². The van der Waals surface area contributed by atoms with E-state index in [0.717, 1.165) is 11.1 Å². The Balaban J connectivity index is 1.88. The maximum atomic E-state index is 12.0. The molecular weight excluding hydrogens is 286 g/mol. The van der Waals surface area contributed by atoms with Crippen LogP contribution in [0, 0.1) is 0 Å². The molecule has 2 aromatic carbocycles. The summed E-state index contributed by atoms with van der Waals surface area (Å²) in [5, 5.41) is 0. The Kier molecular flexibility index (Phi) is 3.87. The van der Waals surface area contributed by atoms with E-state index in [1.54, 1.807) is 6.08 Å². The third-order valence-electron chi connectivity index (χ3n) is 3.72. The number of hydrogen-bond donors (Lipinski definition) is 0. The average Bonchev–Trinajstić information content (AvgIpc) is 2.89. The normalized spacial score (nSPS) is 16.4.